The molecule has 1 aliphatic carbocycles. The zero-order valence-electron chi connectivity index (χ0n) is 20.1. The van der Waals surface area contributed by atoms with Crippen molar-refractivity contribution in [3.63, 3.8) is 0 Å². The molecule has 1 saturated heterocycles. The third-order valence-electron chi connectivity index (χ3n) is 7.23. The lowest BCUT2D eigenvalue weighted by molar-refractivity contribution is -0.118. The van der Waals surface area contributed by atoms with Crippen LogP contribution in [0.1, 0.15) is 42.5 Å². The van der Waals surface area contributed by atoms with Gasteiger partial charge in [0.2, 0.25) is 15.9 Å². The van der Waals surface area contributed by atoms with E-state index in [0.717, 1.165) is 12.0 Å². The molecular formula is C27H36ClN3O5S. The molecule has 5 rings (SSSR count). The SMILES string of the molecule is O=C(Nc1cccc(-c2ccc(S(=O)(=O)N3CCC[C@@H]3CO)cc2)n1)C1(c2ccc(Cl)c(CO)c2)CC1.[HH].[HH].[HH].[HH]. The first kappa shape index (κ1) is 25.8. The van der Waals surface area contributed by atoms with E-state index < -0.39 is 15.4 Å². The Morgan fingerprint density at radius 2 is 1.89 bits per heavy atom. The van der Waals surface area contributed by atoms with Crippen molar-refractivity contribution >= 4 is 33.3 Å². The van der Waals surface area contributed by atoms with Crippen LogP contribution in [0.25, 0.3) is 11.3 Å². The zero-order chi connectivity index (χ0) is 26.2. The molecule has 1 aliphatic heterocycles. The largest absolute Gasteiger partial charge is 0.395 e. The van der Waals surface area contributed by atoms with Gasteiger partial charge in [-0.1, -0.05) is 41.9 Å². The minimum Gasteiger partial charge on any atom is -0.395 e. The second-order valence-corrected chi connectivity index (χ2v) is 11.8. The number of sulfonamides is 1. The first-order valence-electron chi connectivity index (χ1n) is 12.2. The number of benzene rings is 2. The monoisotopic (exact) mass is 549 g/mol. The lowest BCUT2D eigenvalue weighted by Gasteiger charge is -2.22. The summed E-state index contributed by atoms with van der Waals surface area (Å²) >= 11 is 6.12. The Morgan fingerprint density at radius 1 is 1.14 bits per heavy atom. The zero-order valence-corrected chi connectivity index (χ0v) is 21.7. The Morgan fingerprint density at radius 3 is 2.57 bits per heavy atom. The van der Waals surface area contributed by atoms with Crippen LogP contribution < -0.4 is 5.32 Å². The summed E-state index contributed by atoms with van der Waals surface area (Å²) in [7, 11) is -3.69. The average molecular weight is 550 g/mol. The van der Waals surface area contributed by atoms with Crippen LogP contribution in [0.3, 0.4) is 0 Å². The summed E-state index contributed by atoms with van der Waals surface area (Å²) in [4.78, 5) is 18.0. The van der Waals surface area contributed by atoms with Gasteiger partial charge in [0.1, 0.15) is 5.82 Å². The van der Waals surface area contributed by atoms with Gasteiger partial charge in [-0.2, -0.15) is 4.31 Å². The predicted octanol–water partition coefficient (Wildman–Crippen LogP) is 4.69. The normalized spacial score (nSPS) is 19.1. The van der Waals surface area contributed by atoms with E-state index in [-0.39, 0.29) is 35.8 Å². The van der Waals surface area contributed by atoms with Crippen LogP contribution in [0, 0.1) is 0 Å². The topological polar surface area (TPSA) is 120 Å². The van der Waals surface area contributed by atoms with Crippen molar-refractivity contribution in [2.45, 2.75) is 48.6 Å². The number of amides is 1. The van der Waals surface area contributed by atoms with Crippen molar-refractivity contribution in [2.24, 2.45) is 0 Å². The maximum absolute atomic E-state index is 13.2. The summed E-state index contributed by atoms with van der Waals surface area (Å²) in [5.74, 6) is 0.221. The van der Waals surface area contributed by atoms with Crippen molar-refractivity contribution < 1.29 is 29.1 Å². The van der Waals surface area contributed by atoms with Crippen molar-refractivity contribution in [3.05, 3.63) is 76.8 Å². The number of aromatic nitrogens is 1. The summed E-state index contributed by atoms with van der Waals surface area (Å²) < 4.78 is 27.4. The molecule has 0 unspecified atom stereocenters. The Kier molecular flexibility index (Phi) is 7.08. The van der Waals surface area contributed by atoms with Crippen LogP contribution in [-0.2, 0) is 26.8 Å². The number of halogens is 1. The standard InChI is InChI=1S/C27H28ClN3O5S.4H2/c28-23-11-8-20(15-19(23)16-32)27(12-13-27)26(34)30-25-5-1-4-24(29-25)18-6-9-22(10-7-18)37(35,36)31-14-2-3-21(31)17-33;;;;/h1,4-11,15,21,32-33H,2-3,12-14,16-17H2,(H,29,30,34);4*1H/t21-;;;;/m1..../s1. The van der Waals surface area contributed by atoms with E-state index in [1.54, 1.807) is 54.6 Å². The fourth-order valence-electron chi connectivity index (χ4n) is 4.91. The smallest absolute Gasteiger partial charge is 0.243 e. The number of anilines is 1. The Balaban J connectivity index is 0.00000210. The van der Waals surface area contributed by atoms with Gasteiger partial charge in [-0.15, -0.1) is 0 Å². The molecule has 3 aromatic rings. The number of carbonyl (C=O) groups excluding carboxylic acids is 1. The summed E-state index contributed by atoms with van der Waals surface area (Å²) in [5, 5.41) is 22.4. The van der Waals surface area contributed by atoms with E-state index in [1.807, 2.05) is 6.07 Å². The van der Waals surface area contributed by atoms with Crippen molar-refractivity contribution in [2.75, 3.05) is 18.5 Å². The van der Waals surface area contributed by atoms with Gasteiger partial charge in [-0.3, -0.25) is 4.79 Å². The first-order valence-corrected chi connectivity index (χ1v) is 14.0. The third-order valence-corrected chi connectivity index (χ3v) is 9.57. The Hall–Kier alpha value is -2.82. The number of pyridine rings is 1. The number of aliphatic hydroxyl groups is 2. The molecule has 2 aromatic carbocycles. The summed E-state index contributed by atoms with van der Waals surface area (Å²) in [6.45, 7) is 0.00714. The highest BCUT2D eigenvalue weighted by Crippen LogP contribution is 2.49. The molecule has 2 fully saturated rings. The fourth-order valence-corrected chi connectivity index (χ4v) is 6.77. The number of nitrogens with zero attached hydrogens (tertiary/aromatic N) is 2. The lowest BCUT2D eigenvalue weighted by atomic mass is 9.93. The number of nitrogens with one attached hydrogen (secondary N) is 1. The van der Waals surface area contributed by atoms with Crippen LogP contribution in [0.2, 0.25) is 5.02 Å². The number of aliphatic hydroxyl groups excluding tert-OH is 2. The number of carbonyl (C=O) groups is 1. The van der Waals surface area contributed by atoms with E-state index in [1.165, 1.54) is 4.31 Å². The molecule has 10 heteroatoms. The quantitative estimate of drug-likeness (QED) is 0.375. The van der Waals surface area contributed by atoms with Crippen molar-refractivity contribution in [3.8, 4) is 11.3 Å². The molecule has 37 heavy (non-hydrogen) atoms. The number of hydrogen-bond donors (Lipinski definition) is 3. The molecule has 1 atom stereocenters. The molecule has 1 amide bonds. The van der Waals surface area contributed by atoms with Gasteiger partial charge in [0.15, 0.2) is 0 Å². The van der Waals surface area contributed by atoms with E-state index in [9.17, 15) is 23.4 Å². The molecule has 3 N–H and O–H groups in total. The first-order chi connectivity index (χ1) is 17.8. The maximum Gasteiger partial charge on any atom is 0.243 e. The summed E-state index contributed by atoms with van der Waals surface area (Å²) in [6, 6.07) is 16.7. The van der Waals surface area contributed by atoms with Crippen LogP contribution in [0.15, 0.2) is 65.6 Å². The van der Waals surface area contributed by atoms with E-state index >= 15 is 0 Å². The highest BCUT2D eigenvalue weighted by atomic mass is 35.5. The average Bonchev–Trinajstić information content (AvgIpc) is 3.58. The molecular weight excluding hydrogens is 514 g/mol. The molecule has 8 nitrogen and oxygen atoms in total. The molecule has 0 spiro atoms. The van der Waals surface area contributed by atoms with E-state index in [2.05, 4.69) is 10.3 Å². The predicted molar refractivity (Wildman–Crippen MR) is 149 cm³/mol. The molecule has 0 bridgehead atoms. The minimum absolute atomic E-state index is 0. The lowest BCUT2D eigenvalue weighted by Crippen LogP contribution is -2.37. The minimum atomic E-state index is -3.69. The molecule has 2 aliphatic rings. The van der Waals surface area contributed by atoms with Crippen LogP contribution in [0.4, 0.5) is 5.82 Å². The van der Waals surface area contributed by atoms with Crippen LogP contribution in [-0.4, -0.2) is 53.0 Å². The van der Waals surface area contributed by atoms with Gasteiger partial charge < -0.3 is 15.5 Å². The summed E-state index contributed by atoms with van der Waals surface area (Å²) in [5.41, 5.74) is 2.02. The van der Waals surface area contributed by atoms with E-state index in [4.69, 9.17) is 11.6 Å². The highest BCUT2D eigenvalue weighted by molar-refractivity contribution is 7.89. The number of hydrogen-bond acceptors (Lipinski definition) is 6. The second-order valence-electron chi connectivity index (χ2n) is 9.53. The molecule has 2 heterocycles. The highest BCUT2D eigenvalue weighted by Gasteiger charge is 2.51. The van der Waals surface area contributed by atoms with Crippen LogP contribution >= 0.6 is 11.6 Å². The Labute approximate surface area is 226 Å². The molecule has 1 saturated carbocycles. The van der Waals surface area contributed by atoms with Gasteiger partial charge in [0.05, 0.1) is 29.2 Å². The molecule has 0 radical (unpaired) electrons. The second kappa shape index (κ2) is 10.2. The van der Waals surface area contributed by atoms with Gasteiger partial charge in [0, 0.05) is 28.9 Å². The Bertz CT molecular complexity index is 1440. The molecule has 202 valence electrons. The maximum atomic E-state index is 13.2. The van der Waals surface area contributed by atoms with Crippen molar-refractivity contribution in [1.29, 1.82) is 0 Å². The van der Waals surface area contributed by atoms with Gasteiger partial charge in [-0.05, 0) is 67.1 Å². The van der Waals surface area contributed by atoms with Gasteiger partial charge in [-0.25, -0.2) is 13.4 Å². The van der Waals surface area contributed by atoms with Crippen molar-refractivity contribution in [1.82, 2.24) is 9.29 Å². The van der Waals surface area contributed by atoms with Gasteiger partial charge >= 0.3 is 0 Å². The summed E-state index contributed by atoms with van der Waals surface area (Å²) in [6.07, 6.45) is 2.76. The van der Waals surface area contributed by atoms with E-state index in [0.29, 0.717) is 53.5 Å². The third kappa shape index (κ3) is 4.89. The van der Waals surface area contributed by atoms with Crippen LogP contribution in [0.5, 0.6) is 0 Å². The molecule has 1 aromatic heterocycles. The van der Waals surface area contributed by atoms with Gasteiger partial charge in [0.25, 0.3) is 0 Å². The fraction of sp³-hybridized carbons (Fsp3) is 0.333. The number of rotatable bonds is 8.